The lowest BCUT2D eigenvalue weighted by Crippen LogP contribution is -2.07. The Bertz CT molecular complexity index is 447. The summed E-state index contributed by atoms with van der Waals surface area (Å²) in [6.45, 7) is 0. The molecule has 0 atom stereocenters. The maximum atomic E-state index is 11.7. The first-order valence-electron chi connectivity index (χ1n) is 5.37. The van der Waals surface area contributed by atoms with Gasteiger partial charge in [-0.05, 0) is 12.1 Å². The van der Waals surface area contributed by atoms with E-state index in [0.717, 1.165) is 0 Å². The summed E-state index contributed by atoms with van der Waals surface area (Å²) in [6.07, 6.45) is 0.137. The summed E-state index contributed by atoms with van der Waals surface area (Å²) >= 11 is 0. The van der Waals surface area contributed by atoms with Crippen LogP contribution in [0.1, 0.15) is 33.6 Å². The van der Waals surface area contributed by atoms with Crippen LogP contribution in [0.4, 0.5) is 0 Å². The zero-order chi connectivity index (χ0) is 13.5. The Kier molecular flexibility index (Phi) is 5.05. The minimum Gasteiger partial charge on any atom is -0.469 e. The van der Waals surface area contributed by atoms with Gasteiger partial charge in [-0.2, -0.15) is 0 Å². The van der Waals surface area contributed by atoms with Crippen LogP contribution in [0.15, 0.2) is 24.3 Å². The van der Waals surface area contributed by atoms with E-state index < -0.39 is 11.9 Å². The molecule has 0 heterocycles. The predicted molar refractivity (Wildman–Crippen MR) is 63.4 cm³/mol. The van der Waals surface area contributed by atoms with Crippen LogP contribution in [0.3, 0.4) is 0 Å². The molecule has 18 heavy (non-hydrogen) atoms. The second kappa shape index (κ2) is 6.54. The number of benzene rings is 1. The number of ether oxygens (including phenoxy) is 2. The number of hydrogen-bond donors (Lipinski definition) is 0. The lowest BCUT2D eigenvalue weighted by molar-refractivity contribution is -0.140. The third-order valence-corrected chi connectivity index (χ3v) is 2.41. The van der Waals surface area contributed by atoms with Crippen LogP contribution in [0.5, 0.6) is 0 Å². The zero-order valence-corrected chi connectivity index (χ0v) is 10.3. The van der Waals surface area contributed by atoms with Crippen LogP contribution in [0.2, 0.25) is 0 Å². The van der Waals surface area contributed by atoms with Crippen LogP contribution < -0.4 is 0 Å². The third-order valence-electron chi connectivity index (χ3n) is 2.41. The van der Waals surface area contributed by atoms with Gasteiger partial charge in [-0.15, -0.1) is 0 Å². The first-order chi connectivity index (χ1) is 8.58. The van der Waals surface area contributed by atoms with Gasteiger partial charge < -0.3 is 9.47 Å². The Morgan fingerprint density at radius 1 is 0.889 bits per heavy atom. The van der Waals surface area contributed by atoms with Gasteiger partial charge in [0.1, 0.15) is 0 Å². The minimum atomic E-state index is -0.455. The Labute approximate surface area is 105 Å². The normalized spacial score (nSPS) is 9.67. The molecule has 1 rings (SSSR count). The molecule has 0 aliphatic heterocycles. The fourth-order valence-electron chi connectivity index (χ4n) is 1.37. The first kappa shape index (κ1) is 13.9. The van der Waals surface area contributed by atoms with Crippen LogP contribution in [0.25, 0.3) is 0 Å². The number of Topliss-reactive ketones (excluding diaryl/α,β-unsaturated/α-hetero) is 1. The van der Waals surface area contributed by atoms with Crippen molar-refractivity contribution in [3.63, 3.8) is 0 Å². The molecule has 0 aromatic heterocycles. The second-order valence-corrected chi connectivity index (χ2v) is 3.57. The molecule has 0 aliphatic carbocycles. The fraction of sp³-hybridized carbons (Fsp3) is 0.308. The van der Waals surface area contributed by atoms with Crippen molar-refractivity contribution in [3.8, 4) is 0 Å². The Balaban J connectivity index is 2.64. The molecule has 1 aromatic rings. The van der Waals surface area contributed by atoms with E-state index in [0.29, 0.717) is 11.1 Å². The number of ketones is 1. The van der Waals surface area contributed by atoms with Gasteiger partial charge in [0.25, 0.3) is 0 Å². The van der Waals surface area contributed by atoms with Gasteiger partial charge in [-0.1, -0.05) is 12.1 Å². The number of esters is 2. The topological polar surface area (TPSA) is 69.7 Å². The summed E-state index contributed by atoms with van der Waals surface area (Å²) in [5, 5.41) is 0. The van der Waals surface area contributed by atoms with E-state index in [4.69, 9.17) is 0 Å². The average Bonchev–Trinajstić information content (AvgIpc) is 2.43. The monoisotopic (exact) mass is 250 g/mol. The summed E-state index contributed by atoms with van der Waals surface area (Å²) in [4.78, 5) is 33.8. The van der Waals surface area contributed by atoms with E-state index in [1.54, 1.807) is 0 Å². The van der Waals surface area contributed by atoms with Crippen molar-refractivity contribution in [2.75, 3.05) is 14.2 Å². The molecular weight excluding hydrogens is 236 g/mol. The van der Waals surface area contributed by atoms with Crippen LogP contribution in [-0.2, 0) is 14.3 Å². The van der Waals surface area contributed by atoms with Crippen molar-refractivity contribution in [1.82, 2.24) is 0 Å². The van der Waals surface area contributed by atoms with Gasteiger partial charge in [0.2, 0.25) is 0 Å². The fourth-order valence-corrected chi connectivity index (χ4v) is 1.37. The molecule has 5 nitrogen and oxygen atoms in total. The van der Waals surface area contributed by atoms with Crippen molar-refractivity contribution < 1.29 is 23.9 Å². The summed E-state index contributed by atoms with van der Waals surface area (Å²) in [5.41, 5.74) is 0.827. The highest BCUT2D eigenvalue weighted by Gasteiger charge is 2.11. The smallest absolute Gasteiger partial charge is 0.337 e. The van der Waals surface area contributed by atoms with Crippen molar-refractivity contribution in [3.05, 3.63) is 35.4 Å². The summed E-state index contributed by atoms with van der Waals surface area (Å²) in [6, 6.07) is 6.09. The maximum absolute atomic E-state index is 11.7. The van der Waals surface area contributed by atoms with Crippen LogP contribution >= 0.6 is 0 Å². The molecule has 96 valence electrons. The quantitative estimate of drug-likeness (QED) is 0.586. The molecule has 0 bridgehead atoms. The minimum absolute atomic E-state index is 0.0497. The van der Waals surface area contributed by atoms with Crippen molar-refractivity contribution >= 4 is 17.7 Å². The standard InChI is InChI=1S/C13H14O5/c1-17-12(15)8-7-11(14)9-3-5-10(6-4-9)13(16)18-2/h3-6H,7-8H2,1-2H3. The molecule has 0 amide bonds. The van der Waals surface area contributed by atoms with Gasteiger partial charge >= 0.3 is 11.9 Å². The molecule has 0 saturated carbocycles. The van der Waals surface area contributed by atoms with E-state index in [9.17, 15) is 14.4 Å². The number of carbonyl (C=O) groups excluding carboxylic acids is 3. The van der Waals surface area contributed by atoms with Crippen molar-refractivity contribution in [2.45, 2.75) is 12.8 Å². The first-order valence-corrected chi connectivity index (χ1v) is 5.37. The van der Waals surface area contributed by atoms with E-state index >= 15 is 0 Å². The maximum Gasteiger partial charge on any atom is 0.337 e. The largest absolute Gasteiger partial charge is 0.469 e. The van der Waals surface area contributed by atoms with Crippen LogP contribution in [-0.4, -0.2) is 31.9 Å². The molecule has 0 unspecified atom stereocenters. The van der Waals surface area contributed by atoms with Crippen molar-refractivity contribution in [1.29, 1.82) is 0 Å². The molecule has 0 fully saturated rings. The number of carbonyl (C=O) groups is 3. The van der Waals surface area contributed by atoms with E-state index in [1.165, 1.54) is 38.5 Å². The lowest BCUT2D eigenvalue weighted by Gasteiger charge is -2.02. The van der Waals surface area contributed by atoms with Crippen LogP contribution in [0, 0.1) is 0 Å². The van der Waals surface area contributed by atoms with Gasteiger partial charge in [-0.3, -0.25) is 9.59 Å². The highest BCUT2D eigenvalue weighted by Crippen LogP contribution is 2.09. The summed E-state index contributed by atoms with van der Waals surface area (Å²) in [5.74, 6) is -1.05. The van der Waals surface area contributed by atoms with Crippen molar-refractivity contribution in [2.24, 2.45) is 0 Å². The number of methoxy groups -OCH3 is 2. The third kappa shape index (κ3) is 3.69. The molecule has 0 spiro atoms. The molecule has 0 radical (unpaired) electrons. The highest BCUT2D eigenvalue weighted by atomic mass is 16.5. The Morgan fingerprint density at radius 2 is 1.44 bits per heavy atom. The van der Waals surface area contributed by atoms with Gasteiger partial charge in [0.05, 0.1) is 26.2 Å². The van der Waals surface area contributed by atoms with E-state index in [1.807, 2.05) is 0 Å². The van der Waals surface area contributed by atoms with Gasteiger partial charge in [0, 0.05) is 12.0 Å². The Morgan fingerprint density at radius 3 is 1.94 bits per heavy atom. The Hall–Kier alpha value is -2.17. The second-order valence-electron chi connectivity index (χ2n) is 3.57. The highest BCUT2D eigenvalue weighted by molar-refractivity contribution is 5.98. The SMILES string of the molecule is COC(=O)CCC(=O)c1ccc(C(=O)OC)cc1. The van der Waals surface area contributed by atoms with Gasteiger partial charge in [-0.25, -0.2) is 4.79 Å². The molecule has 0 N–H and O–H groups in total. The molecule has 0 aliphatic rings. The van der Waals surface area contributed by atoms with E-state index in [-0.39, 0.29) is 18.6 Å². The average molecular weight is 250 g/mol. The lowest BCUT2D eigenvalue weighted by atomic mass is 10.0. The molecule has 5 heteroatoms. The van der Waals surface area contributed by atoms with E-state index in [2.05, 4.69) is 9.47 Å². The zero-order valence-electron chi connectivity index (χ0n) is 10.3. The summed E-state index contributed by atoms with van der Waals surface area (Å²) < 4.78 is 8.99. The predicted octanol–water partition coefficient (Wildman–Crippen LogP) is 1.61. The summed E-state index contributed by atoms with van der Waals surface area (Å²) in [7, 11) is 2.57. The molecule has 1 aromatic carbocycles. The van der Waals surface area contributed by atoms with Gasteiger partial charge in [0.15, 0.2) is 5.78 Å². The molecular formula is C13H14O5. The number of rotatable bonds is 5. The number of hydrogen-bond acceptors (Lipinski definition) is 5. The molecule has 0 saturated heterocycles.